The van der Waals surface area contributed by atoms with Crippen LogP contribution in [0, 0.1) is 6.92 Å². The van der Waals surface area contributed by atoms with Gasteiger partial charge in [0.15, 0.2) is 0 Å². The van der Waals surface area contributed by atoms with Crippen LogP contribution in [0.25, 0.3) is 5.69 Å². The molecule has 0 bridgehead atoms. The number of carbonyl (C=O) groups is 1. The first-order valence-corrected chi connectivity index (χ1v) is 10.8. The zero-order chi connectivity index (χ0) is 23.1. The molecule has 0 fully saturated rings. The molecule has 170 valence electrons. The number of hydrogen-bond donors (Lipinski definition) is 0. The first-order valence-electron chi connectivity index (χ1n) is 10.8. The molecule has 0 aliphatic carbocycles. The Labute approximate surface area is 189 Å². The molecule has 2 aromatic carbocycles. The zero-order valence-corrected chi connectivity index (χ0v) is 19.4. The summed E-state index contributed by atoms with van der Waals surface area (Å²) in [6, 6.07) is 15.0. The third-order valence-corrected chi connectivity index (χ3v) is 5.41. The van der Waals surface area contributed by atoms with Crippen molar-refractivity contribution in [2.75, 3.05) is 27.3 Å². The molecule has 1 heterocycles. The first kappa shape index (κ1) is 23.2. The molecule has 0 aliphatic heterocycles. The van der Waals surface area contributed by atoms with Crippen LogP contribution in [0.2, 0.25) is 0 Å². The highest BCUT2D eigenvalue weighted by Crippen LogP contribution is 2.33. The number of aryl methyl sites for hydroxylation is 1. The van der Waals surface area contributed by atoms with Gasteiger partial charge < -0.3 is 19.1 Å². The molecule has 3 aromatic rings. The SMILES string of the molecule is CCN(CC)C(=O)CCc1c(C)nn(-c2ccc(OC)cc2)c1Oc1cccc(OC)c1. The van der Waals surface area contributed by atoms with Gasteiger partial charge in [-0.05, 0) is 63.6 Å². The van der Waals surface area contributed by atoms with Gasteiger partial charge in [0.2, 0.25) is 11.8 Å². The maximum Gasteiger partial charge on any atom is 0.226 e. The third kappa shape index (κ3) is 5.22. The van der Waals surface area contributed by atoms with Crippen LogP contribution in [-0.2, 0) is 11.2 Å². The largest absolute Gasteiger partial charge is 0.497 e. The minimum absolute atomic E-state index is 0.124. The second-order valence-corrected chi connectivity index (χ2v) is 7.33. The summed E-state index contributed by atoms with van der Waals surface area (Å²) in [7, 11) is 3.25. The van der Waals surface area contributed by atoms with Gasteiger partial charge >= 0.3 is 0 Å². The van der Waals surface area contributed by atoms with Gasteiger partial charge in [0.1, 0.15) is 17.2 Å². The number of ether oxygens (including phenoxy) is 3. The van der Waals surface area contributed by atoms with Gasteiger partial charge in [0.25, 0.3) is 0 Å². The Morgan fingerprint density at radius 3 is 2.25 bits per heavy atom. The number of benzene rings is 2. The van der Waals surface area contributed by atoms with Crippen molar-refractivity contribution in [1.82, 2.24) is 14.7 Å². The standard InChI is InChI=1S/C25H31N3O4/c1-6-27(7-2)24(29)16-15-23-18(3)26-28(19-11-13-20(30-4)14-12-19)25(23)32-22-10-8-9-21(17-22)31-5/h8-14,17H,6-7,15-16H2,1-5H3. The average molecular weight is 438 g/mol. The number of rotatable bonds is 10. The van der Waals surface area contributed by atoms with Crippen molar-refractivity contribution in [1.29, 1.82) is 0 Å². The molecular weight excluding hydrogens is 406 g/mol. The first-order chi connectivity index (χ1) is 15.5. The van der Waals surface area contributed by atoms with Crippen LogP contribution < -0.4 is 14.2 Å². The molecule has 3 rings (SSSR count). The van der Waals surface area contributed by atoms with Crippen molar-refractivity contribution in [3.8, 4) is 28.8 Å². The van der Waals surface area contributed by atoms with Gasteiger partial charge in [-0.1, -0.05) is 6.07 Å². The van der Waals surface area contributed by atoms with Crippen molar-refractivity contribution in [3.05, 3.63) is 59.8 Å². The fourth-order valence-electron chi connectivity index (χ4n) is 3.57. The second-order valence-electron chi connectivity index (χ2n) is 7.33. The lowest BCUT2D eigenvalue weighted by molar-refractivity contribution is -0.130. The quantitative estimate of drug-likeness (QED) is 0.456. The van der Waals surface area contributed by atoms with E-state index < -0.39 is 0 Å². The van der Waals surface area contributed by atoms with Gasteiger partial charge in [-0.2, -0.15) is 5.10 Å². The Bertz CT molecular complexity index is 1040. The molecule has 0 saturated heterocycles. The smallest absolute Gasteiger partial charge is 0.226 e. The zero-order valence-electron chi connectivity index (χ0n) is 19.4. The lowest BCUT2D eigenvalue weighted by Crippen LogP contribution is -2.30. The lowest BCUT2D eigenvalue weighted by atomic mass is 10.1. The second kappa shape index (κ2) is 10.7. The van der Waals surface area contributed by atoms with Crippen LogP contribution in [0.1, 0.15) is 31.5 Å². The molecule has 0 saturated carbocycles. The van der Waals surface area contributed by atoms with Gasteiger partial charge in [-0.3, -0.25) is 4.79 Å². The van der Waals surface area contributed by atoms with E-state index in [-0.39, 0.29) is 5.91 Å². The maximum absolute atomic E-state index is 12.6. The van der Waals surface area contributed by atoms with E-state index in [1.807, 2.05) is 74.2 Å². The topological polar surface area (TPSA) is 65.8 Å². The highest BCUT2D eigenvalue weighted by atomic mass is 16.5. The molecule has 7 nitrogen and oxygen atoms in total. The number of methoxy groups -OCH3 is 2. The fraction of sp³-hybridized carbons (Fsp3) is 0.360. The third-order valence-electron chi connectivity index (χ3n) is 5.41. The van der Waals surface area contributed by atoms with E-state index in [9.17, 15) is 4.79 Å². The average Bonchev–Trinajstić information content (AvgIpc) is 3.13. The molecule has 0 spiro atoms. The molecule has 0 N–H and O–H groups in total. The van der Waals surface area contributed by atoms with Crippen molar-refractivity contribution < 1.29 is 19.0 Å². The van der Waals surface area contributed by atoms with E-state index in [4.69, 9.17) is 19.3 Å². The molecular formula is C25H31N3O4. The summed E-state index contributed by atoms with van der Waals surface area (Å²) in [5.74, 6) is 2.81. The number of aromatic nitrogens is 2. The van der Waals surface area contributed by atoms with Gasteiger partial charge in [-0.15, -0.1) is 0 Å². The number of hydrogen-bond acceptors (Lipinski definition) is 5. The Morgan fingerprint density at radius 1 is 0.969 bits per heavy atom. The van der Waals surface area contributed by atoms with Crippen molar-refractivity contribution in [3.63, 3.8) is 0 Å². The summed E-state index contributed by atoms with van der Waals surface area (Å²) in [6.07, 6.45) is 0.932. The summed E-state index contributed by atoms with van der Waals surface area (Å²) in [6.45, 7) is 7.33. The molecule has 0 atom stereocenters. The van der Waals surface area contributed by atoms with Crippen LogP contribution in [0.5, 0.6) is 23.1 Å². The molecule has 0 aliphatic rings. The summed E-state index contributed by atoms with van der Waals surface area (Å²) in [4.78, 5) is 14.5. The number of carbonyl (C=O) groups excluding carboxylic acids is 1. The van der Waals surface area contributed by atoms with E-state index in [1.54, 1.807) is 18.9 Å². The predicted molar refractivity (Wildman–Crippen MR) is 124 cm³/mol. The number of amides is 1. The van der Waals surface area contributed by atoms with E-state index in [0.29, 0.717) is 43.3 Å². The van der Waals surface area contributed by atoms with Gasteiger partial charge in [-0.25, -0.2) is 4.68 Å². The van der Waals surface area contributed by atoms with E-state index in [1.165, 1.54) is 0 Å². The summed E-state index contributed by atoms with van der Waals surface area (Å²) < 4.78 is 18.7. The van der Waals surface area contributed by atoms with E-state index in [0.717, 1.165) is 22.7 Å². The fourth-order valence-corrected chi connectivity index (χ4v) is 3.57. The van der Waals surface area contributed by atoms with Gasteiger partial charge in [0.05, 0.1) is 25.6 Å². The van der Waals surface area contributed by atoms with Crippen LogP contribution >= 0.6 is 0 Å². The highest BCUT2D eigenvalue weighted by molar-refractivity contribution is 5.76. The minimum Gasteiger partial charge on any atom is -0.497 e. The molecule has 32 heavy (non-hydrogen) atoms. The Balaban J connectivity index is 1.99. The lowest BCUT2D eigenvalue weighted by Gasteiger charge is -2.18. The molecule has 0 radical (unpaired) electrons. The van der Waals surface area contributed by atoms with E-state index >= 15 is 0 Å². The Morgan fingerprint density at radius 2 is 1.62 bits per heavy atom. The molecule has 1 aromatic heterocycles. The predicted octanol–water partition coefficient (Wildman–Crippen LogP) is 4.79. The Hall–Kier alpha value is -3.48. The summed E-state index contributed by atoms with van der Waals surface area (Å²) in [5, 5.41) is 4.73. The van der Waals surface area contributed by atoms with Crippen molar-refractivity contribution >= 4 is 5.91 Å². The summed E-state index contributed by atoms with van der Waals surface area (Å²) >= 11 is 0. The van der Waals surface area contributed by atoms with Crippen molar-refractivity contribution in [2.45, 2.75) is 33.6 Å². The van der Waals surface area contributed by atoms with Crippen LogP contribution in [0.15, 0.2) is 48.5 Å². The number of nitrogens with zero attached hydrogens (tertiary/aromatic N) is 3. The minimum atomic E-state index is 0.124. The van der Waals surface area contributed by atoms with Crippen LogP contribution in [0.3, 0.4) is 0 Å². The Kier molecular flexibility index (Phi) is 7.76. The van der Waals surface area contributed by atoms with Gasteiger partial charge in [0, 0.05) is 31.1 Å². The van der Waals surface area contributed by atoms with E-state index in [2.05, 4.69) is 0 Å². The van der Waals surface area contributed by atoms with Crippen LogP contribution in [0.4, 0.5) is 0 Å². The van der Waals surface area contributed by atoms with Crippen LogP contribution in [-0.4, -0.2) is 47.9 Å². The van der Waals surface area contributed by atoms with Crippen molar-refractivity contribution in [2.24, 2.45) is 0 Å². The highest BCUT2D eigenvalue weighted by Gasteiger charge is 2.21. The molecule has 0 unspecified atom stereocenters. The molecule has 1 amide bonds. The molecule has 7 heteroatoms. The monoisotopic (exact) mass is 437 g/mol. The normalized spacial score (nSPS) is 10.7. The summed E-state index contributed by atoms with van der Waals surface area (Å²) in [5.41, 5.74) is 2.57. The maximum atomic E-state index is 12.6.